The summed E-state index contributed by atoms with van der Waals surface area (Å²) >= 11 is 0. The molecular formula is C12H24NO5P. The first-order chi connectivity index (χ1) is 8.82. The third kappa shape index (κ3) is 8.78. The fourth-order valence-electron chi connectivity index (χ4n) is 1.56. The molecule has 7 heteroatoms. The molecule has 112 valence electrons. The quantitative estimate of drug-likeness (QED) is 0.516. The Balaban J connectivity index is 4.44. The fraction of sp³-hybridized carbons (Fsp3) is 0.833. The van der Waals surface area contributed by atoms with Crippen molar-refractivity contribution in [2.75, 3.05) is 32.6 Å². The van der Waals surface area contributed by atoms with Gasteiger partial charge in [0.05, 0.1) is 19.1 Å². The molecule has 0 radical (unpaired) electrons. The van der Waals surface area contributed by atoms with Gasteiger partial charge in [0.15, 0.2) is 7.37 Å². The van der Waals surface area contributed by atoms with Gasteiger partial charge in [0.1, 0.15) is 0 Å². The SMILES string of the molecule is CCOC(=O)[C@H](CCP(C)(=O)OCC)CNC(C)=O. The van der Waals surface area contributed by atoms with Crippen molar-refractivity contribution < 1.29 is 23.4 Å². The van der Waals surface area contributed by atoms with Crippen molar-refractivity contribution in [3.05, 3.63) is 0 Å². The highest BCUT2D eigenvalue weighted by Gasteiger charge is 2.24. The molecule has 6 nitrogen and oxygen atoms in total. The molecule has 1 unspecified atom stereocenters. The van der Waals surface area contributed by atoms with Crippen molar-refractivity contribution in [3.63, 3.8) is 0 Å². The van der Waals surface area contributed by atoms with Crippen molar-refractivity contribution in [1.29, 1.82) is 0 Å². The lowest BCUT2D eigenvalue weighted by molar-refractivity contribution is -0.148. The second kappa shape index (κ2) is 9.10. The number of ether oxygens (including phenoxy) is 1. The maximum absolute atomic E-state index is 12.0. The highest BCUT2D eigenvalue weighted by Crippen LogP contribution is 2.43. The van der Waals surface area contributed by atoms with E-state index >= 15 is 0 Å². The fourth-order valence-corrected chi connectivity index (χ4v) is 3.01. The Kier molecular flexibility index (Phi) is 8.68. The summed E-state index contributed by atoms with van der Waals surface area (Å²) in [5, 5.41) is 2.58. The molecule has 0 spiro atoms. The molecule has 0 aromatic heterocycles. The molecule has 19 heavy (non-hydrogen) atoms. The molecule has 0 aromatic carbocycles. The van der Waals surface area contributed by atoms with E-state index in [-0.39, 0.29) is 25.0 Å². The second-order valence-electron chi connectivity index (χ2n) is 4.33. The predicted molar refractivity (Wildman–Crippen MR) is 73.4 cm³/mol. The van der Waals surface area contributed by atoms with E-state index in [1.165, 1.54) is 6.92 Å². The van der Waals surface area contributed by atoms with Gasteiger partial charge < -0.3 is 14.6 Å². The van der Waals surface area contributed by atoms with Crippen LogP contribution in [0.3, 0.4) is 0 Å². The van der Waals surface area contributed by atoms with Gasteiger partial charge in [-0.05, 0) is 20.3 Å². The summed E-state index contributed by atoms with van der Waals surface area (Å²) in [6, 6.07) is 0. The van der Waals surface area contributed by atoms with Gasteiger partial charge >= 0.3 is 5.97 Å². The number of amides is 1. The third-order valence-corrected chi connectivity index (χ3v) is 4.38. The van der Waals surface area contributed by atoms with Gasteiger partial charge in [-0.2, -0.15) is 0 Å². The molecule has 1 N–H and O–H groups in total. The van der Waals surface area contributed by atoms with Crippen molar-refractivity contribution in [2.24, 2.45) is 5.92 Å². The molecular weight excluding hydrogens is 269 g/mol. The maximum atomic E-state index is 12.0. The highest BCUT2D eigenvalue weighted by atomic mass is 31.2. The first-order valence-corrected chi connectivity index (χ1v) is 8.70. The minimum absolute atomic E-state index is 0.195. The van der Waals surface area contributed by atoms with E-state index in [9.17, 15) is 14.2 Å². The smallest absolute Gasteiger partial charge is 0.310 e. The molecule has 0 saturated carbocycles. The van der Waals surface area contributed by atoms with Crippen LogP contribution in [0, 0.1) is 5.92 Å². The van der Waals surface area contributed by atoms with Gasteiger partial charge in [0.25, 0.3) is 0 Å². The van der Waals surface area contributed by atoms with Crippen LogP contribution >= 0.6 is 7.37 Å². The average Bonchev–Trinajstić information content (AvgIpc) is 2.28. The Morgan fingerprint density at radius 2 is 1.89 bits per heavy atom. The number of hydrogen-bond acceptors (Lipinski definition) is 5. The normalized spacial score (nSPS) is 15.4. The summed E-state index contributed by atoms with van der Waals surface area (Å²) in [7, 11) is -2.67. The molecule has 0 heterocycles. The Morgan fingerprint density at radius 3 is 2.37 bits per heavy atom. The number of hydrogen-bond donors (Lipinski definition) is 1. The minimum Gasteiger partial charge on any atom is -0.466 e. The van der Waals surface area contributed by atoms with Crippen LogP contribution in [0.15, 0.2) is 0 Å². The van der Waals surface area contributed by atoms with Gasteiger partial charge in [0, 0.05) is 26.3 Å². The van der Waals surface area contributed by atoms with Crippen LogP contribution in [0.4, 0.5) is 0 Å². The molecule has 0 fully saturated rings. The number of carbonyl (C=O) groups excluding carboxylic acids is 2. The highest BCUT2D eigenvalue weighted by molar-refractivity contribution is 7.58. The van der Waals surface area contributed by atoms with Gasteiger partial charge in [-0.3, -0.25) is 14.2 Å². The topological polar surface area (TPSA) is 81.7 Å². The second-order valence-corrected chi connectivity index (χ2v) is 7.06. The van der Waals surface area contributed by atoms with E-state index in [0.29, 0.717) is 19.2 Å². The van der Waals surface area contributed by atoms with Gasteiger partial charge in [-0.1, -0.05) is 0 Å². The van der Waals surface area contributed by atoms with E-state index in [4.69, 9.17) is 9.26 Å². The maximum Gasteiger partial charge on any atom is 0.310 e. The van der Waals surface area contributed by atoms with Crippen LogP contribution in [-0.4, -0.2) is 44.5 Å². The van der Waals surface area contributed by atoms with Crippen LogP contribution in [0.1, 0.15) is 27.2 Å². The molecule has 0 aliphatic carbocycles. The molecule has 0 bridgehead atoms. The minimum atomic E-state index is -2.67. The lowest BCUT2D eigenvalue weighted by Crippen LogP contribution is -2.33. The van der Waals surface area contributed by atoms with Crippen LogP contribution in [0.2, 0.25) is 0 Å². The lowest BCUT2D eigenvalue weighted by Gasteiger charge is -2.18. The van der Waals surface area contributed by atoms with E-state index in [1.54, 1.807) is 20.5 Å². The van der Waals surface area contributed by atoms with E-state index < -0.39 is 13.3 Å². The van der Waals surface area contributed by atoms with Crippen molar-refractivity contribution in [2.45, 2.75) is 27.2 Å². The number of carbonyl (C=O) groups is 2. The number of nitrogens with one attached hydrogen (secondary N) is 1. The van der Waals surface area contributed by atoms with E-state index in [1.807, 2.05) is 0 Å². The first-order valence-electron chi connectivity index (χ1n) is 6.44. The van der Waals surface area contributed by atoms with Crippen molar-refractivity contribution in [1.82, 2.24) is 5.32 Å². The van der Waals surface area contributed by atoms with E-state index in [0.717, 1.165) is 0 Å². The van der Waals surface area contributed by atoms with E-state index in [2.05, 4.69) is 5.32 Å². The lowest BCUT2D eigenvalue weighted by atomic mass is 10.1. The molecule has 0 aromatic rings. The van der Waals surface area contributed by atoms with Gasteiger partial charge in [-0.25, -0.2) is 0 Å². The van der Waals surface area contributed by atoms with Gasteiger partial charge in [0.2, 0.25) is 5.91 Å². The third-order valence-electron chi connectivity index (χ3n) is 2.50. The Hall–Kier alpha value is -0.870. The largest absolute Gasteiger partial charge is 0.466 e. The molecule has 2 atom stereocenters. The Labute approximate surface area is 114 Å². The monoisotopic (exact) mass is 293 g/mol. The van der Waals surface area contributed by atoms with Crippen LogP contribution in [0.25, 0.3) is 0 Å². The number of rotatable bonds is 9. The summed E-state index contributed by atoms with van der Waals surface area (Å²) in [5.41, 5.74) is 0. The Morgan fingerprint density at radius 1 is 1.26 bits per heavy atom. The zero-order chi connectivity index (χ0) is 14.9. The summed E-state index contributed by atoms with van der Waals surface area (Å²) in [6.45, 7) is 7.29. The molecule has 0 aliphatic heterocycles. The predicted octanol–water partition coefficient (Wildman–Crippen LogP) is 1.64. The van der Waals surface area contributed by atoms with Crippen LogP contribution < -0.4 is 5.32 Å². The zero-order valence-electron chi connectivity index (χ0n) is 12.1. The summed E-state index contributed by atoms with van der Waals surface area (Å²) < 4.78 is 22.1. The first kappa shape index (κ1) is 18.1. The van der Waals surface area contributed by atoms with Gasteiger partial charge in [-0.15, -0.1) is 0 Å². The van der Waals surface area contributed by atoms with Crippen molar-refractivity contribution in [3.8, 4) is 0 Å². The summed E-state index contributed by atoms with van der Waals surface area (Å²) in [6.07, 6.45) is 0.663. The molecule has 0 aliphatic rings. The average molecular weight is 293 g/mol. The summed E-state index contributed by atoms with van der Waals surface area (Å²) in [5.74, 6) is -1.08. The zero-order valence-corrected chi connectivity index (χ0v) is 13.0. The standard InChI is InChI=1S/C12H24NO5P/c1-5-17-12(15)11(9-13-10(3)14)7-8-19(4,16)18-6-2/h11H,5-9H2,1-4H3,(H,13,14)/t11-,19?/m1/s1. The Bertz CT molecular complexity index is 345. The van der Waals surface area contributed by atoms with Crippen LogP contribution in [-0.2, 0) is 23.4 Å². The molecule has 1 amide bonds. The number of esters is 1. The van der Waals surface area contributed by atoms with Crippen LogP contribution in [0.5, 0.6) is 0 Å². The molecule has 0 rings (SSSR count). The summed E-state index contributed by atoms with van der Waals surface area (Å²) in [4.78, 5) is 22.6. The molecule has 0 saturated heterocycles. The van der Waals surface area contributed by atoms with Crippen molar-refractivity contribution >= 4 is 19.2 Å².